The lowest BCUT2D eigenvalue weighted by Gasteiger charge is -2.24. The first kappa shape index (κ1) is 31.4. The number of carbonyl (C=O) groups is 3. The van der Waals surface area contributed by atoms with Crippen molar-refractivity contribution < 1.29 is 37.0 Å². The van der Waals surface area contributed by atoms with Gasteiger partial charge in [0.05, 0.1) is 12.8 Å². The molecule has 228 valence electrons. The Morgan fingerprint density at radius 3 is 2.16 bits per heavy atom. The number of methoxy groups -OCH3 is 1. The molecular weight excluding hydrogens is 574 g/mol. The van der Waals surface area contributed by atoms with Gasteiger partial charge in [0.1, 0.15) is 30.0 Å². The van der Waals surface area contributed by atoms with Crippen molar-refractivity contribution in [3.8, 4) is 5.75 Å². The Hall–Kier alpha value is -4.58. The lowest BCUT2D eigenvalue weighted by atomic mass is 10.0. The minimum atomic E-state index is -4.13. The predicted molar refractivity (Wildman–Crippen MR) is 160 cm³/mol. The zero-order valence-corrected chi connectivity index (χ0v) is 25.2. The Kier molecular flexibility index (Phi) is 9.59. The van der Waals surface area contributed by atoms with E-state index in [1.54, 1.807) is 76.4 Å². The summed E-state index contributed by atoms with van der Waals surface area (Å²) in [5.41, 5.74) is 1.65. The molecule has 0 radical (unpaired) electrons. The highest BCUT2D eigenvalue weighted by Crippen LogP contribution is 2.28. The average Bonchev–Trinajstić information content (AvgIpc) is 3.18. The summed E-state index contributed by atoms with van der Waals surface area (Å²) in [6.07, 6.45) is -0.585. The molecule has 3 aromatic carbocycles. The average molecular weight is 610 g/mol. The molecule has 1 saturated heterocycles. The minimum Gasteiger partial charge on any atom is -0.497 e. The van der Waals surface area contributed by atoms with E-state index in [-0.39, 0.29) is 25.1 Å². The smallest absolute Gasteiger partial charge is 0.408 e. The minimum absolute atomic E-state index is 0.0224. The van der Waals surface area contributed by atoms with Crippen molar-refractivity contribution in [2.45, 2.75) is 57.9 Å². The molecule has 0 unspecified atom stereocenters. The maximum atomic E-state index is 13.0. The van der Waals surface area contributed by atoms with Crippen molar-refractivity contribution in [1.29, 1.82) is 0 Å². The fraction of sp³-hybridized carbons (Fsp3) is 0.323. The summed E-state index contributed by atoms with van der Waals surface area (Å²) in [6, 6.07) is 20.4. The molecule has 11 nitrogen and oxygen atoms in total. The van der Waals surface area contributed by atoms with Crippen molar-refractivity contribution in [3.63, 3.8) is 0 Å². The van der Waals surface area contributed by atoms with Crippen LogP contribution in [0.15, 0.2) is 78.9 Å². The van der Waals surface area contributed by atoms with Crippen molar-refractivity contribution >= 4 is 33.9 Å². The Morgan fingerprint density at radius 2 is 1.56 bits per heavy atom. The van der Waals surface area contributed by atoms with Crippen LogP contribution in [0.5, 0.6) is 5.75 Å². The molecule has 1 aliphatic heterocycles. The molecule has 43 heavy (non-hydrogen) atoms. The summed E-state index contributed by atoms with van der Waals surface area (Å²) in [5.74, 6) is -0.652. The largest absolute Gasteiger partial charge is 0.497 e. The molecule has 0 saturated carbocycles. The Bertz CT molecular complexity index is 1540. The fourth-order valence-corrected chi connectivity index (χ4v) is 5.88. The van der Waals surface area contributed by atoms with Gasteiger partial charge >= 0.3 is 22.3 Å². The maximum absolute atomic E-state index is 13.0. The molecule has 2 N–H and O–H groups in total. The van der Waals surface area contributed by atoms with Crippen LogP contribution in [0.4, 0.5) is 10.5 Å². The van der Waals surface area contributed by atoms with Crippen molar-refractivity contribution in [1.82, 2.24) is 10.0 Å². The molecule has 2 amide bonds. The van der Waals surface area contributed by atoms with Gasteiger partial charge in [-0.1, -0.05) is 54.6 Å². The summed E-state index contributed by atoms with van der Waals surface area (Å²) in [7, 11) is -2.58. The summed E-state index contributed by atoms with van der Waals surface area (Å²) in [5, 5.41) is 2.58. The van der Waals surface area contributed by atoms with Crippen LogP contribution in [0.2, 0.25) is 0 Å². The fourth-order valence-electron chi connectivity index (χ4n) is 4.48. The Balaban J connectivity index is 1.51. The number of rotatable bonds is 10. The van der Waals surface area contributed by atoms with Gasteiger partial charge in [0.2, 0.25) is 0 Å². The van der Waals surface area contributed by atoms with Gasteiger partial charge in [0.15, 0.2) is 0 Å². The summed E-state index contributed by atoms with van der Waals surface area (Å²) < 4.78 is 44.9. The van der Waals surface area contributed by atoms with E-state index in [1.807, 2.05) is 30.3 Å². The van der Waals surface area contributed by atoms with Crippen molar-refractivity contribution in [2.24, 2.45) is 0 Å². The van der Waals surface area contributed by atoms with Crippen LogP contribution >= 0.6 is 0 Å². The second kappa shape index (κ2) is 13.2. The second-order valence-corrected chi connectivity index (χ2v) is 12.5. The summed E-state index contributed by atoms with van der Waals surface area (Å²) in [4.78, 5) is 38.3. The summed E-state index contributed by atoms with van der Waals surface area (Å²) in [6.45, 7) is 5.15. The monoisotopic (exact) mass is 609 g/mol. The van der Waals surface area contributed by atoms with Gasteiger partial charge in [-0.05, 0) is 61.7 Å². The van der Waals surface area contributed by atoms with E-state index in [2.05, 4.69) is 10.0 Å². The van der Waals surface area contributed by atoms with E-state index in [9.17, 15) is 22.8 Å². The molecule has 2 atom stereocenters. The zero-order chi connectivity index (χ0) is 31.2. The van der Waals surface area contributed by atoms with E-state index >= 15 is 0 Å². The number of nitrogens with one attached hydrogen (secondary N) is 2. The van der Waals surface area contributed by atoms with Gasteiger partial charge in [-0.3, -0.25) is 4.79 Å². The van der Waals surface area contributed by atoms with Crippen LogP contribution in [0, 0.1) is 0 Å². The highest BCUT2D eigenvalue weighted by molar-refractivity contribution is 7.92. The van der Waals surface area contributed by atoms with E-state index in [1.165, 1.54) is 0 Å². The van der Waals surface area contributed by atoms with E-state index < -0.39 is 45.9 Å². The zero-order valence-electron chi connectivity index (χ0n) is 24.4. The normalized spacial score (nSPS) is 16.6. The van der Waals surface area contributed by atoms with Gasteiger partial charge in [0.25, 0.3) is 5.91 Å². The molecule has 0 spiro atoms. The van der Waals surface area contributed by atoms with Crippen LogP contribution in [-0.2, 0) is 48.7 Å². The topological polar surface area (TPSA) is 140 Å². The van der Waals surface area contributed by atoms with Crippen LogP contribution in [-0.4, -0.2) is 51.2 Å². The van der Waals surface area contributed by atoms with Gasteiger partial charge in [-0.15, -0.1) is 0 Å². The number of esters is 1. The Labute approximate surface area is 251 Å². The van der Waals surface area contributed by atoms with Crippen LogP contribution < -0.4 is 19.1 Å². The van der Waals surface area contributed by atoms with Crippen LogP contribution in [0.25, 0.3) is 0 Å². The number of carbonyl (C=O) groups excluding carboxylic acids is 3. The van der Waals surface area contributed by atoms with Gasteiger partial charge in [0, 0.05) is 12.8 Å². The molecule has 3 aromatic rings. The summed E-state index contributed by atoms with van der Waals surface area (Å²) >= 11 is 0. The number of alkyl carbamates (subject to hydrolysis) is 1. The number of anilines is 1. The van der Waals surface area contributed by atoms with E-state index in [0.29, 0.717) is 11.3 Å². The number of ether oxygens (including phenoxy) is 3. The lowest BCUT2D eigenvalue weighted by Crippen LogP contribution is -2.45. The number of nitrogens with zero attached hydrogens (tertiary/aromatic N) is 1. The van der Waals surface area contributed by atoms with Gasteiger partial charge < -0.3 is 19.5 Å². The van der Waals surface area contributed by atoms with E-state index in [4.69, 9.17) is 14.2 Å². The number of amides is 2. The standard InChI is InChI=1S/C31H35N3O8S/c1-31(2,3)42-30(37)32-26(29(36)41-20-23-8-6-5-7-9-23)18-21-10-14-24(15-11-21)34-27(28(35)33-43(34,38)39)19-22-12-16-25(40-4)17-13-22/h5-17,26-27H,18-20H2,1-4H3,(H,32,37)(H,33,35)/t26-,27-/m0/s1. The molecule has 0 aliphatic carbocycles. The molecule has 0 bridgehead atoms. The molecular formula is C31H35N3O8S. The van der Waals surface area contributed by atoms with E-state index in [0.717, 1.165) is 15.4 Å². The molecule has 1 heterocycles. The second-order valence-electron chi connectivity index (χ2n) is 11.0. The molecule has 1 aliphatic rings. The van der Waals surface area contributed by atoms with Gasteiger partial charge in [-0.25, -0.2) is 18.6 Å². The molecule has 12 heteroatoms. The third-order valence-corrected chi connectivity index (χ3v) is 7.93. The third kappa shape index (κ3) is 8.48. The molecule has 4 rings (SSSR count). The Morgan fingerprint density at radius 1 is 0.930 bits per heavy atom. The van der Waals surface area contributed by atoms with Crippen molar-refractivity contribution in [3.05, 3.63) is 95.6 Å². The highest BCUT2D eigenvalue weighted by atomic mass is 32.2. The SMILES string of the molecule is COc1ccc(C[C@H]2C(=O)NS(=O)(=O)N2c2ccc(C[C@H](NC(=O)OC(C)(C)C)C(=O)OCc3ccccc3)cc2)cc1. The molecule has 1 fully saturated rings. The lowest BCUT2D eigenvalue weighted by molar-refractivity contribution is -0.147. The number of benzene rings is 3. The van der Waals surface area contributed by atoms with Crippen LogP contribution in [0.1, 0.15) is 37.5 Å². The highest BCUT2D eigenvalue weighted by Gasteiger charge is 2.44. The first-order valence-electron chi connectivity index (χ1n) is 13.6. The van der Waals surface area contributed by atoms with Crippen molar-refractivity contribution in [2.75, 3.05) is 11.4 Å². The quantitative estimate of drug-likeness (QED) is 0.332. The predicted octanol–water partition coefficient (Wildman–Crippen LogP) is 3.67. The van der Waals surface area contributed by atoms with Crippen LogP contribution in [0.3, 0.4) is 0 Å². The number of hydrogen-bond acceptors (Lipinski definition) is 8. The third-order valence-electron chi connectivity index (χ3n) is 6.49. The number of hydrogen-bond donors (Lipinski definition) is 2. The maximum Gasteiger partial charge on any atom is 0.408 e. The van der Waals surface area contributed by atoms with Gasteiger partial charge in [-0.2, -0.15) is 8.42 Å². The molecule has 0 aromatic heterocycles. The first-order chi connectivity index (χ1) is 20.3. The first-order valence-corrected chi connectivity index (χ1v) is 15.1.